The number of amides is 1. The number of carbonyl (C=O) groups is 1. The van der Waals surface area contributed by atoms with Crippen molar-refractivity contribution in [3.63, 3.8) is 0 Å². The number of para-hydroxylation sites is 1. The minimum absolute atomic E-state index is 0.0494. The Bertz CT molecular complexity index is 648. The number of benzene rings is 1. The highest BCUT2D eigenvalue weighted by atomic mass is 16.5. The summed E-state index contributed by atoms with van der Waals surface area (Å²) in [5.74, 6) is 1.60. The fourth-order valence-corrected chi connectivity index (χ4v) is 2.35. The summed E-state index contributed by atoms with van der Waals surface area (Å²) in [4.78, 5) is 12.2. The van der Waals surface area contributed by atoms with Crippen LogP contribution in [0.15, 0.2) is 34.9 Å². The SMILES string of the molecule is CC(C)c1cc(C(=O)N[C@@H]2COc3ccccc3C2)no1. The molecule has 2 heterocycles. The van der Waals surface area contributed by atoms with E-state index in [1.807, 2.05) is 38.1 Å². The molecule has 5 nitrogen and oxygen atoms in total. The van der Waals surface area contributed by atoms with Crippen LogP contribution in [0.25, 0.3) is 0 Å². The van der Waals surface area contributed by atoms with E-state index in [-0.39, 0.29) is 17.9 Å². The molecule has 21 heavy (non-hydrogen) atoms. The van der Waals surface area contributed by atoms with Gasteiger partial charge in [0.2, 0.25) is 0 Å². The largest absolute Gasteiger partial charge is 0.491 e. The van der Waals surface area contributed by atoms with Gasteiger partial charge in [-0.3, -0.25) is 4.79 Å². The zero-order valence-electron chi connectivity index (χ0n) is 12.1. The lowest BCUT2D eigenvalue weighted by molar-refractivity contribution is 0.0906. The van der Waals surface area contributed by atoms with Gasteiger partial charge in [-0.15, -0.1) is 0 Å². The van der Waals surface area contributed by atoms with Gasteiger partial charge in [0.25, 0.3) is 5.91 Å². The van der Waals surface area contributed by atoms with E-state index < -0.39 is 0 Å². The molecule has 0 saturated carbocycles. The number of nitrogens with zero attached hydrogens (tertiary/aromatic N) is 1. The van der Waals surface area contributed by atoms with Crippen molar-refractivity contribution in [1.29, 1.82) is 0 Å². The van der Waals surface area contributed by atoms with Crippen molar-refractivity contribution >= 4 is 5.91 Å². The highest BCUT2D eigenvalue weighted by molar-refractivity contribution is 5.92. The van der Waals surface area contributed by atoms with Crippen molar-refractivity contribution in [3.05, 3.63) is 47.3 Å². The summed E-state index contributed by atoms with van der Waals surface area (Å²) in [6.45, 7) is 4.46. The third-order valence-corrected chi connectivity index (χ3v) is 3.54. The van der Waals surface area contributed by atoms with Crippen LogP contribution in [-0.2, 0) is 6.42 Å². The molecular weight excluding hydrogens is 268 g/mol. The van der Waals surface area contributed by atoms with Crippen LogP contribution in [0, 0.1) is 0 Å². The lowest BCUT2D eigenvalue weighted by Gasteiger charge is -2.25. The number of aromatic nitrogens is 1. The highest BCUT2D eigenvalue weighted by Gasteiger charge is 2.23. The predicted octanol–water partition coefficient (Wildman–Crippen LogP) is 2.53. The average Bonchev–Trinajstić information content (AvgIpc) is 2.97. The second-order valence-corrected chi connectivity index (χ2v) is 5.56. The molecule has 0 bridgehead atoms. The smallest absolute Gasteiger partial charge is 0.273 e. The lowest BCUT2D eigenvalue weighted by atomic mass is 10.0. The summed E-state index contributed by atoms with van der Waals surface area (Å²) in [6.07, 6.45) is 0.761. The maximum Gasteiger partial charge on any atom is 0.273 e. The van der Waals surface area contributed by atoms with Gasteiger partial charge in [0.05, 0.1) is 6.04 Å². The minimum Gasteiger partial charge on any atom is -0.491 e. The maximum absolute atomic E-state index is 12.2. The number of fused-ring (bicyclic) bond motifs is 1. The number of carbonyl (C=O) groups excluding carboxylic acids is 1. The van der Waals surface area contributed by atoms with Crippen molar-refractivity contribution in [2.45, 2.75) is 32.2 Å². The normalized spacial score (nSPS) is 17.2. The Hall–Kier alpha value is -2.30. The molecule has 1 aliphatic rings. The monoisotopic (exact) mass is 286 g/mol. The zero-order valence-corrected chi connectivity index (χ0v) is 12.1. The molecule has 0 unspecified atom stereocenters. The standard InChI is InChI=1S/C16H18N2O3/c1-10(2)15-8-13(18-21-15)16(19)17-12-7-11-5-3-4-6-14(11)20-9-12/h3-6,8,10,12H,7,9H2,1-2H3,(H,17,19)/t12-/m0/s1. The zero-order chi connectivity index (χ0) is 14.8. The van der Waals surface area contributed by atoms with Gasteiger partial charge in [0.1, 0.15) is 18.1 Å². The predicted molar refractivity (Wildman–Crippen MR) is 77.5 cm³/mol. The maximum atomic E-state index is 12.2. The first-order valence-electron chi connectivity index (χ1n) is 7.11. The van der Waals surface area contributed by atoms with E-state index in [9.17, 15) is 4.79 Å². The van der Waals surface area contributed by atoms with Crippen molar-refractivity contribution in [2.75, 3.05) is 6.61 Å². The second-order valence-electron chi connectivity index (χ2n) is 5.56. The number of ether oxygens (including phenoxy) is 1. The summed E-state index contributed by atoms with van der Waals surface area (Å²) in [5.41, 5.74) is 1.43. The quantitative estimate of drug-likeness (QED) is 0.941. The molecule has 1 atom stereocenters. The van der Waals surface area contributed by atoms with Crippen LogP contribution in [0.3, 0.4) is 0 Å². The molecule has 110 valence electrons. The van der Waals surface area contributed by atoms with Gasteiger partial charge in [-0.1, -0.05) is 37.2 Å². The van der Waals surface area contributed by atoms with E-state index >= 15 is 0 Å². The molecule has 3 rings (SSSR count). The third kappa shape index (κ3) is 2.91. The van der Waals surface area contributed by atoms with Gasteiger partial charge in [0, 0.05) is 12.0 Å². The fraction of sp³-hybridized carbons (Fsp3) is 0.375. The van der Waals surface area contributed by atoms with E-state index in [0.717, 1.165) is 17.7 Å². The first-order chi connectivity index (χ1) is 10.1. The summed E-state index contributed by atoms with van der Waals surface area (Å²) < 4.78 is 10.8. The Morgan fingerprint density at radius 2 is 2.19 bits per heavy atom. The van der Waals surface area contributed by atoms with Crippen molar-refractivity contribution in [1.82, 2.24) is 10.5 Å². The Labute approximate surface area is 123 Å². The average molecular weight is 286 g/mol. The van der Waals surface area contributed by atoms with E-state index in [1.165, 1.54) is 0 Å². The van der Waals surface area contributed by atoms with Crippen LogP contribution in [-0.4, -0.2) is 23.7 Å². The molecular formula is C16H18N2O3. The van der Waals surface area contributed by atoms with Crippen LogP contribution in [0.2, 0.25) is 0 Å². The summed E-state index contributed by atoms with van der Waals surface area (Å²) >= 11 is 0. The number of nitrogens with one attached hydrogen (secondary N) is 1. The van der Waals surface area contributed by atoms with Gasteiger partial charge >= 0.3 is 0 Å². The Kier molecular flexibility index (Phi) is 3.64. The van der Waals surface area contributed by atoms with Gasteiger partial charge in [0.15, 0.2) is 5.69 Å². The van der Waals surface area contributed by atoms with Gasteiger partial charge in [-0.25, -0.2) is 0 Å². The van der Waals surface area contributed by atoms with Gasteiger partial charge in [-0.2, -0.15) is 0 Å². The summed E-state index contributed by atoms with van der Waals surface area (Å²) in [6, 6.07) is 9.52. The van der Waals surface area contributed by atoms with Crippen molar-refractivity contribution < 1.29 is 14.1 Å². The number of rotatable bonds is 3. The van der Waals surface area contributed by atoms with Crippen LogP contribution in [0.4, 0.5) is 0 Å². The van der Waals surface area contributed by atoms with Crippen LogP contribution in [0.5, 0.6) is 5.75 Å². The molecule has 1 aromatic carbocycles. The summed E-state index contributed by atoms with van der Waals surface area (Å²) in [7, 11) is 0. The lowest BCUT2D eigenvalue weighted by Crippen LogP contribution is -2.42. The van der Waals surface area contributed by atoms with Crippen LogP contribution in [0.1, 0.15) is 41.6 Å². The van der Waals surface area contributed by atoms with Gasteiger partial charge < -0.3 is 14.6 Å². The minimum atomic E-state index is -0.223. The fourth-order valence-electron chi connectivity index (χ4n) is 2.35. The highest BCUT2D eigenvalue weighted by Crippen LogP contribution is 2.24. The Morgan fingerprint density at radius 1 is 1.38 bits per heavy atom. The van der Waals surface area contributed by atoms with Crippen molar-refractivity contribution in [2.24, 2.45) is 0 Å². The number of hydrogen-bond acceptors (Lipinski definition) is 4. The molecule has 2 aromatic rings. The molecule has 1 N–H and O–H groups in total. The molecule has 0 fully saturated rings. The van der Waals surface area contributed by atoms with E-state index in [2.05, 4.69) is 10.5 Å². The second kappa shape index (κ2) is 5.60. The molecule has 5 heteroatoms. The molecule has 1 aromatic heterocycles. The molecule has 0 saturated heterocycles. The Morgan fingerprint density at radius 3 is 2.95 bits per heavy atom. The molecule has 0 aliphatic carbocycles. The summed E-state index contributed by atoms with van der Waals surface area (Å²) in [5, 5.41) is 6.76. The van der Waals surface area contributed by atoms with Crippen molar-refractivity contribution in [3.8, 4) is 5.75 Å². The van der Waals surface area contributed by atoms with E-state index in [1.54, 1.807) is 6.07 Å². The Balaban J connectivity index is 1.66. The van der Waals surface area contributed by atoms with E-state index in [0.29, 0.717) is 18.1 Å². The first kappa shape index (κ1) is 13.7. The molecule has 0 spiro atoms. The molecule has 1 amide bonds. The van der Waals surface area contributed by atoms with Crippen LogP contribution < -0.4 is 10.1 Å². The van der Waals surface area contributed by atoms with E-state index in [4.69, 9.17) is 9.26 Å². The topological polar surface area (TPSA) is 64.4 Å². The first-order valence-corrected chi connectivity index (χ1v) is 7.11. The number of hydrogen-bond donors (Lipinski definition) is 1. The van der Waals surface area contributed by atoms with Crippen LogP contribution >= 0.6 is 0 Å². The van der Waals surface area contributed by atoms with Gasteiger partial charge in [-0.05, 0) is 18.1 Å². The third-order valence-electron chi connectivity index (χ3n) is 3.54. The molecule has 0 radical (unpaired) electrons. The molecule has 1 aliphatic heterocycles.